The number of nitrogens with zero attached hydrogens (tertiary/aromatic N) is 1. The molecule has 11 heavy (non-hydrogen) atoms. The average Bonchev–Trinajstić information content (AvgIpc) is 1.88. The number of aromatic nitrogens is 1. The normalized spacial score (nSPS) is 9.45. The zero-order valence-electron chi connectivity index (χ0n) is 5.30. The molecule has 1 rings (SSSR count). The minimum Gasteiger partial charge on any atom is -0.264 e. The summed E-state index contributed by atoms with van der Waals surface area (Å²) in [6.07, 6.45) is -0.109. The van der Waals surface area contributed by atoms with Crippen molar-refractivity contribution in [3.8, 4) is 0 Å². The van der Waals surface area contributed by atoms with Crippen LogP contribution >= 0.6 is 24.0 Å². The standard InChI is InChI=1S/C6H4ClF2N.ClH/c7-5-1-2-10-3-4(5)6(8)9;/h1-3,6H;1H. The summed E-state index contributed by atoms with van der Waals surface area (Å²) in [5.41, 5.74) is -0.218. The van der Waals surface area contributed by atoms with Gasteiger partial charge in [-0.05, 0) is 6.07 Å². The molecule has 0 saturated heterocycles. The molecule has 1 aromatic heterocycles. The summed E-state index contributed by atoms with van der Waals surface area (Å²) in [6, 6.07) is 1.34. The van der Waals surface area contributed by atoms with Crippen LogP contribution in [0.1, 0.15) is 12.0 Å². The van der Waals surface area contributed by atoms with E-state index in [1.54, 1.807) is 0 Å². The van der Waals surface area contributed by atoms with Crippen molar-refractivity contribution >= 4 is 24.0 Å². The second kappa shape index (κ2) is 4.46. The monoisotopic (exact) mass is 199 g/mol. The molecular weight excluding hydrogens is 195 g/mol. The minimum atomic E-state index is -2.54. The Bertz CT molecular complexity index is 230. The van der Waals surface area contributed by atoms with Crippen LogP contribution in [0.5, 0.6) is 0 Å². The van der Waals surface area contributed by atoms with E-state index in [-0.39, 0.29) is 23.0 Å². The number of halogens is 4. The van der Waals surface area contributed by atoms with Gasteiger partial charge in [-0.1, -0.05) is 11.6 Å². The van der Waals surface area contributed by atoms with Crippen LogP contribution in [0.4, 0.5) is 8.78 Å². The molecule has 0 aliphatic carbocycles. The molecule has 0 saturated carbocycles. The molecule has 1 aromatic rings. The second-order valence-corrected chi connectivity index (χ2v) is 2.11. The average molecular weight is 200 g/mol. The predicted octanol–water partition coefficient (Wildman–Crippen LogP) is 3.09. The maximum Gasteiger partial charge on any atom is 0.266 e. The Hall–Kier alpha value is -0.410. The lowest BCUT2D eigenvalue weighted by Gasteiger charge is -1.98. The molecule has 0 radical (unpaired) electrons. The first-order valence-corrected chi connectivity index (χ1v) is 2.97. The summed E-state index contributed by atoms with van der Waals surface area (Å²) < 4.78 is 23.8. The van der Waals surface area contributed by atoms with Gasteiger partial charge in [-0.2, -0.15) is 0 Å². The quantitative estimate of drug-likeness (QED) is 0.678. The van der Waals surface area contributed by atoms with E-state index in [2.05, 4.69) is 4.98 Å². The molecule has 1 nitrogen and oxygen atoms in total. The van der Waals surface area contributed by atoms with Crippen LogP contribution in [0.15, 0.2) is 18.5 Å². The van der Waals surface area contributed by atoms with E-state index < -0.39 is 6.43 Å². The molecule has 1 heterocycles. The van der Waals surface area contributed by atoms with Gasteiger partial charge < -0.3 is 0 Å². The lowest BCUT2D eigenvalue weighted by Crippen LogP contribution is -1.85. The highest BCUT2D eigenvalue weighted by atomic mass is 35.5. The first kappa shape index (κ1) is 10.6. The van der Waals surface area contributed by atoms with E-state index in [1.165, 1.54) is 12.3 Å². The van der Waals surface area contributed by atoms with Crippen LogP contribution in [-0.2, 0) is 0 Å². The molecule has 0 aromatic carbocycles. The Labute approximate surface area is 73.8 Å². The van der Waals surface area contributed by atoms with Gasteiger partial charge in [0, 0.05) is 12.4 Å². The summed E-state index contributed by atoms with van der Waals surface area (Å²) in [6.45, 7) is 0. The summed E-state index contributed by atoms with van der Waals surface area (Å²) in [4.78, 5) is 3.50. The number of hydrogen-bond acceptors (Lipinski definition) is 1. The van der Waals surface area contributed by atoms with Gasteiger partial charge in [-0.3, -0.25) is 4.98 Å². The zero-order chi connectivity index (χ0) is 7.56. The van der Waals surface area contributed by atoms with Gasteiger partial charge in [0.25, 0.3) is 6.43 Å². The van der Waals surface area contributed by atoms with E-state index in [9.17, 15) is 8.78 Å². The summed E-state index contributed by atoms with van der Waals surface area (Å²) in [5.74, 6) is 0. The second-order valence-electron chi connectivity index (χ2n) is 1.70. The number of alkyl halides is 2. The SMILES string of the molecule is Cl.FC(F)c1cnccc1Cl. The Morgan fingerprint density at radius 3 is 2.45 bits per heavy atom. The number of hydrogen-bond donors (Lipinski definition) is 0. The Morgan fingerprint density at radius 2 is 2.09 bits per heavy atom. The van der Waals surface area contributed by atoms with Gasteiger partial charge in [0.15, 0.2) is 0 Å². The first-order valence-electron chi connectivity index (χ1n) is 2.59. The number of rotatable bonds is 1. The van der Waals surface area contributed by atoms with Crippen molar-refractivity contribution in [2.45, 2.75) is 6.43 Å². The van der Waals surface area contributed by atoms with Crippen molar-refractivity contribution in [3.05, 3.63) is 29.0 Å². The van der Waals surface area contributed by atoms with Gasteiger partial charge in [0.05, 0.1) is 10.6 Å². The molecule has 0 unspecified atom stereocenters. The highest BCUT2D eigenvalue weighted by molar-refractivity contribution is 6.31. The number of pyridine rings is 1. The van der Waals surface area contributed by atoms with E-state index >= 15 is 0 Å². The molecule has 0 atom stereocenters. The molecule has 62 valence electrons. The maximum absolute atomic E-state index is 11.9. The molecule has 0 fully saturated rings. The van der Waals surface area contributed by atoms with Crippen molar-refractivity contribution in [3.63, 3.8) is 0 Å². The Balaban J connectivity index is 0.000001000. The van der Waals surface area contributed by atoms with Crippen LogP contribution in [0.3, 0.4) is 0 Å². The third-order valence-corrected chi connectivity index (χ3v) is 1.38. The van der Waals surface area contributed by atoms with Crippen LogP contribution < -0.4 is 0 Å². The lowest BCUT2D eigenvalue weighted by atomic mass is 10.3. The van der Waals surface area contributed by atoms with Gasteiger partial charge in [0.1, 0.15) is 0 Å². The van der Waals surface area contributed by atoms with Crippen molar-refractivity contribution in [1.82, 2.24) is 4.98 Å². The fourth-order valence-electron chi connectivity index (χ4n) is 0.550. The predicted molar refractivity (Wildman–Crippen MR) is 41.5 cm³/mol. The maximum atomic E-state index is 11.9. The van der Waals surface area contributed by atoms with Gasteiger partial charge in [-0.25, -0.2) is 8.78 Å². The molecule has 0 N–H and O–H groups in total. The summed E-state index contributed by atoms with van der Waals surface area (Å²) in [5, 5.41) is 0.0602. The molecule has 5 heteroatoms. The molecule has 0 amide bonds. The van der Waals surface area contributed by atoms with Gasteiger partial charge in [-0.15, -0.1) is 12.4 Å². The third-order valence-electron chi connectivity index (χ3n) is 1.03. The van der Waals surface area contributed by atoms with Gasteiger partial charge >= 0.3 is 0 Å². The fraction of sp³-hybridized carbons (Fsp3) is 0.167. The van der Waals surface area contributed by atoms with Crippen LogP contribution in [0, 0.1) is 0 Å². The van der Waals surface area contributed by atoms with E-state index in [0.29, 0.717) is 0 Å². The highest BCUT2D eigenvalue weighted by Crippen LogP contribution is 2.24. The largest absolute Gasteiger partial charge is 0.266 e. The Morgan fingerprint density at radius 1 is 1.45 bits per heavy atom. The van der Waals surface area contributed by atoms with Crippen LogP contribution in [0.25, 0.3) is 0 Å². The van der Waals surface area contributed by atoms with E-state index in [4.69, 9.17) is 11.6 Å². The van der Waals surface area contributed by atoms with E-state index in [1.807, 2.05) is 0 Å². The molecule has 0 spiro atoms. The first-order chi connectivity index (χ1) is 4.72. The van der Waals surface area contributed by atoms with Crippen LogP contribution in [0.2, 0.25) is 5.02 Å². The lowest BCUT2D eigenvalue weighted by molar-refractivity contribution is 0.151. The summed E-state index contributed by atoms with van der Waals surface area (Å²) in [7, 11) is 0. The molecule has 0 aliphatic heterocycles. The van der Waals surface area contributed by atoms with Crippen molar-refractivity contribution in [2.24, 2.45) is 0 Å². The zero-order valence-corrected chi connectivity index (χ0v) is 6.87. The third kappa shape index (κ3) is 2.60. The van der Waals surface area contributed by atoms with Crippen molar-refractivity contribution in [2.75, 3.05) is 0 Å². The van der Waals surface area contributed by atoms with E-state index in [0.717, 1.165) is 6.20 Å². The van der Waals surface area contributed by atoms with Crippen LogP contribution in [-0.4, -0.2) is 4.98 Å². The highest BCUT2D eigenvalue weighted by Gasteiger charge is 2.10. The van der Waals surface area contributed by atoms with Gasteiger partial charge in [0.2, 0.25) is 0 Å². The summed E-state index contributed by atoms with van der Waals surface area (Å²) >= 11 is 5.40. The minimum absolute atomic E-state index is 0. The topological polar surface area (TPSA) is 12.9 Å². The molecular formula is C6H5Cl2F2N. The molecule has 0 bridgehead atoms. The smallest absolute Gasteiger partial charge is 0.264 e. The van der Waals surface area contributed by atoms with Crippen molar-refractivity contribution < 1.29 is 8.78 Å². The van der Waals surface area contributed by atoms with Crippen molar-refractivity contribution in [1.29, 1.82) is 0 Å². The fourth-order valence-corrected chi connectivity index (χ4v) is 0.738. The molecule has 0 aliphatic rings. The Kier molecular flexibility index (Phi) is 4.30.